The second-order valence-electron chi connectivity index (χ2n) is 9.33. The molecule has 1 atom stereocenters. The van der Waals surface area contributed by atoms with Gasteiger partial charge in [-0.2, -0.15) is 4.98 Å². The van der Waals surface area contributed by atoms with Crippen LogP contribution in [0.5, 0.6) is 0 Å². The SMILES string of the molecule is COCCCN1C(=O)C[C@](CC(=O)N2CCN(c3nc4ccccc4o3)CC2)(c2ccccc2)C1=O. The quantitative estimate of drug-likeness (QED) is 0.354. The highest BCUT2D eigenvalue weighted by Crippen LogP contribution is 2.40. The number of fused-ring (bicyclic) bond motifs is 1. The van der Waals surface area contributed by atoms with Gasteiger partial charge in [0, 0.05) is 59.3 Å². The number of aromatic nitrogens is 1. The molecule has 1 aromatic heterocycles. The van der Waals surface area contributed by atoms with E-state index in [9.17, 15) is 14.4 Å². The van der Waals surface area contributed by atoms with Crippen LogP contribution < -0.4 is 4.90 Å². The van der Waals surface area contributed by atoms with E-state index in [1.54, 1.807) is 12.0 Å². The topological polar surface area (TPSA) is 96.2 Å². The fourth-order valence-electron chi connectivity index (χ4n) is 5.13. The Balaban J connectivity index is 1.30. The first kappa shape index (κ1) is 24.0. The Bertz CT molecular complexity index is 1220. The average molecular weight is 491 g/mol. The zero-order chi connectivity index (χ0) is 25.1. The van der Waals surface area contributed by atoms with Gasteiger partial charge in [0.15, 0.2) is 5.58 Å². The number of hydrogen-bond acceptors (Lipinski definition) is 7. The molecule has 0 N–H and O–H groups in total. The molecule has 0 saturated carbocycles. The van der Waals surface area contributed by atoms with Gasteiger partial charge in [-0.15, -0.1) is 0 Å². The summed E-state index contributed by atoms with van der Waals surface area (Å²) >= 11 is 0. The maximum absolute atomic E-state index is 13.6. The minimum atomic E-state index is -1.18. The number of benzene rings is 2. The summed E-state index contributed by atoms with van der Waals surface area (Å²) in [4.78, 5) is 49.7. The van der Waals surface area contributed by atoms with E-state index in [4.69, 9.17) is 9.15 Å². The molecule has 2 saturated heterocycles. The summed E-state index contributed by atoms with van der Waals surface area (Å²) in [7, 11) is 1.59. The minimum absolute atomic E-state index is 0.00254. The Morgan fingerprint density at radius 1 is 1.03 bits per heavy atom. The molecule has 36 heavy (non-hydrogen) atoms. The number of anilines is 1. The number of rotatable bonds is 8. The summed E-state index contributed by atoms with van der Waals surface area (Å²) in [6, 6.07) is 17.4. The van der Waals surface area contributed by atoms with Crippen LogP contribution in [-0.4, -0.2) is 78.9 Å². The van der Waals surface area contributed by atoms with Crippen molar-refractivity contribution in [3.8, 4) is 0 Å². The molecule has 3 aromatic rings. The normalized spacial score (nSPS) is 20.5. The van der Waals surface area contributed by atoms with Crippen molar-refractivity contribution >= 4 is 34.8 Å². The number of ether oxygens (including phenoxy) is 1. The van der Waals surface area contributed by atoms with E-state index in [2.05, 4.69) is 4.98 Å². The zero-order valence-corrected chi connectivity index (χ0v) is 20.4. The molecule has 3 heterocycles. The van der Waals surface area contributed by atoms with Gasteiger partial charge in [-0.05, 0) is 24.1 Å². The van der Waals surface area contributed by atoms with E-state index in [0.29, 0.717) is 50.8 Å². The van der Waals surface area contributed by atoms with Gasteiger partial charge in [0.05, 0.1) is 5.41 Å². The summed E-state index contributed by atoms with van der Waals surface area (Å²) in [6.45, 7) is 2.88. The third-order valence-corrected chi connectivity index (χ3v) is 7.10. The second-order valence-corrected chi connectivity index (χ2v) is 9.33. The van der Waals surface area contributed by atoms with Crippen LogP contribution >= 0.6 is 0 Å². The van der Waals surface area contributed by atoms with E-state index in [-0.39, 0.29) is 37.1 Å². The molecule has 188 valence electrons. The molecule has 2 fully saturated rings. The molecule has 9 nitrogen and oxygen atoms in total. The van der Waals surface area contributed by atoms with E-state index >= 15 is 0 Å². The first-order valence-electron chi connectivity index (χ1n) is 12.3. The molecule has 0 unspecified atom stereocenters. The molecule has 2 aliphatic heterocycles. The standard InChI is InChI=1S/C27H30N4O5/c1-35-17-7-12-31-24(33)19-27(25(31)34,20-8-3-2-4-9-20)18-23(32)29-13-15-30(16-14-29)26-28-21-10-5-6-11-22(21)36-26/h2-6,8-11H,7,12-19H2,1H3/t27-/m1/s1. The lowest BCUT2D eigenvalue weighted by Gasteiger charge is -2.36. The van der Waals surface area contributed by atoms with E-state index < -0.39 is 5.41 Å². The van der Waals surface area contributed by atoms with Crippen LogP contribution in [-0.2, 0) is 24.5 Å². The number of hydrogen-bond donors (Lipinski definition) is 0. The van der Waals surface area contributed by atoms with Crippen molar-refractivity contribution in [2.45, 2.75) is 24.7 Å². The van der Waals surface area contributed by atoms with Crippen molar-refractivity contribution in [2.24, 2.45) is 0 Å². The maximum Gasteiger partial charge on any atom is 0.298 e. The highest BCUT2D eigenvalue weighted by molar-refractivity contribution is 6.10. The fraction of sp³-hybridized carbons (Fsp3) is 0.407. The van der Waals surface area contributed by atoms with Gasteiger partial charge in [0.25, 0.3) is 6.01 Å². The maximum atomic E-state index is 13.6. The van der Waals surface area contributed by atoms with Crippen LogP contribution in [0.15, 0.2) is 59.0 Å². The van der Waals surface area contributed by atoms with Crippen LogP contribution in [0.25, 0.3) is 11.1 Å². The molecule has 9 heteroatoms. The average Bonchev–Trinajstić information content (AvgIpc) is 3.44. The third-order valence-electron chi connectivity index (χ3n) is 7.10. The molecule has 3 amide bonds. The van der Waals surface area contributed by atoms with E-state index in [0.717, 1.165) is 11.1 Å². The highest BCUT2D eigenvalue weighted by Gasteiger charge is 2.53. The third kappa shape index (κ3) is 4.46. The molecular formula is C27H30N4O5. The Labute approximate surface area is 209 Å². The van der Waals surface area contributed by atoms with Crippen molar-refractivity contribution < 1.29 is 23.5 Å². The molecule has 2 aliphatic rings. The number of amides is 3. The number of para-hydroxylation sites is 2. The largest absolute Gasteiger partial charge is 0.423 e. The van der Waals surface area contributed by atoms with Gasteiger partial charge in [0.1, 0.15) is 5.52 Å². The monoisotopic (exact) mass is 490 g/mol. The van der Waals surface area contributed by atoms with Crippen molar-refractivity contribution in [3.05, 3.63) is 60.2 Å². The Morgan fingerprint density at radius 2 is 1.75 bits per heavy atom. The highest BCUT2D eigenvalue weighted by atomic mass is 16.5. The van der Waals surface area contributed by atoms with Gasteiger partial charge in [-0.3, -0.25) is 19.3 Å². The summed E-state index contributed by atoms with van der Waals surface area (Å²) in [6.07, 6.45) is 0.521. The lowest BCUT2D eigenvalue weighted by Crippen LogP contribution is -2.51. The number of oxazole rings is 1. The smallest absolute Gasteiger partial charge is 0.298 e. The number of likely N-dealkylation sites (tertiary alicyclic amines) is 1. The summed E-state index contributed by atoms with van der Waals surface area (Å²) in [5.74, 6) is -0.669. The molecule has 0 bridgehead atoms. The molecular weight excluding hydrogens is 460 g/mol. The molecule has 5 rings (SSSR count). The Morgan fingerprint density at radius 3 is 2.47 bits per heavy atom. The number of piperazine rings is 1. The van der Waals surface area contributed by atoms with Gasteiger partial charge in [-0.1, -0.05) is 42.5 Å². The van der Waals surface area contributed by atoms with Crippen molar-refractivity contribution in [1.29, 1.82) is 0 Å². The fourth-order valence-corrected chi connectivity index (χ4v) is 5.13. The van der Waals surface area contributed by atoms with Gasteiger partial charge >= 0.3 is 0 Å². The number of carbonyl (C=O) groups is 3. The van der Waals surface area contributed by atoms with Crippen LogP contribution in [0.4, 0.5) is 6.01 Å². The molecule has 2 aromatic carbocycles. The van der Waals surface area contributed by atoms with Crippen molar-refractivity contribution in [1.82, 2.24) is 14.8 Å². The van der Waals surface area contributed by atoms with E-state index in [1.807, 2.05) is 59.5 Å². The van der Waals surface area contributed by atoms with Gasteiger partial charge in [-0.25, -0.2) is 0 Å². The summed E-state index contributed by atoms with van der Waals surface area (Å²) in [5, 5.41) is 0. The lowest BCUT2D eigenvalue weighted by molar-refractivity contribution is -0.143. The predicted molar refractivity (Wildman–Crippen MR) is 133 cm³/mol. The van der Waals surface area contributed by atoms with E-state index in [1.165, 1.54) is 4.90 Å². The Kier molecular flexibility index (Phi) is 6.73. The number of nitrogens with zero attached hydrogens (tertiary/aromatic N) is 4. The molecule has 0 aliphatic carbocycles. The number of carbonyl (C=O) groups excluding carboxylic acids is 3. The van der Waals surface area contributed by atoms with Gasteiger partial charge < -0.3 is 19.0 Å². The van der Waals surface area contributed by atoms with Gasteiger partial charge in [0.2, 0.25) is 17.7 Å². The number of methoxy groups -OCH3 is 1. The summed E-state index contributed by atoms with van der Waals surface area (Å²) in [5.41, 5.74) is 1.06. The van der Waals surface area contributed by atoms with Crippen LogP contribution in [0, 0.1) is 0 Å². The van der Waals surface area contributed by atoms with Crippen LogP contribution in [0.1, 0.15) is 24.8 Å². The predicted octanol–water partition coefficient (Wildman–Crippen LogP) is 2.60. The number of imide groups is 1. The Hall–Kier alpha value is -3.72. The lowest BCUT2D eigenvalue weighted by atomic mass is 9.75. The molecule has 0 spiro atoms. The zero-order valence-electron chi connectivity index (χ0n) is 20.4. The van der Waals surface area contributed by atoms with Crippen LogP contribution in [0.2, 0.25) is 0 Å². The van der Waals surface area contributed by atoms with Crippen molar-refractivity contribution in [2.75, 3.05) is 51.3 Å². The first-order valence-corrected chi connectivity index (χ1v) is 12.3. The van der Waals surface area contributed by atoms with Crippen LogP contribution in [0.3, 0.4) is 0 Å². The molecule has 0 radical (unpaired) electrons. The van der Waals surface area contributed by atoms with Crippen molar-refractivity contribution in [3.63, 3.8) is 0 Å². The minimum Gasteiger partial charge on any atom is -0.423 e. The first-order chi connectivity index (χ1) is 17.5. The summed E-state index contributed by atoms with van der Waals surface area (Å²) < 4.78 is 11.0. The second kappa shape index (κ2) is 10.1.